The van der Waals surface area contributed by atoms with Gasteiger partial charge in [-0.25, -0.2) is 0 Å². The highest BCUT2D eigenvalue weighted by Crippen LogP contribution is 2.19. The van der Waals surface area contributed by atoms with E-state index >= 15 is 0 Å². The fraction of sp³-hybridized carbons (Fsp3) is 0.368. The molecule has 25 heavy (non-hydrogen) atoms. The lowest BCUT2D eigenvalue weighted by Gasteiger charge is -2.29. The van der Waals surface area contributed by atoms with Gasteiger partial charge in [0.15, 0.2) is 5.11 Å². The Hall–Kier alpha value is -2.18. The molecule has 0 spiro atoms. The average Bonchev–Trinajstić information content (AvgIpc) is 2.64. The summed E-state index contributed by atoms with van der Waals surface area (Å²) in [5, 5.41) is 6.93. The summed E-state index contributed by atoms with van der Waals surface area (Å²) in [5.41, 5.74) is 2.09. The Morgan fingerprint density at radius 1 is 1.16 bits per heavy atom. The van der Waals surface area contributed by atoms with Crippen molar-refractivity contribution >= 4 is 23.0 Å². The topological polar surface area (TPSA) is 49.4 Å². The molecule has 0 bridgehead atoms. The third kappa shape index (κ3) is 5.69. The van der Waals surface area contributed by atoms with Crippen LogP contribution in [0.1, 0.15) is 18.4 Å². The molecule has 0 amide bonds. The van der Waals surface area contributed by atoms with Crippen LogP contribution in [0, 0.1) is 0 Å². The predicted octanol–water partition coefficient (Wildman–Crippen LogP) is 3.04. The van der Waals surface area contributed by atoms with Gasteiger partial charge in [0.1, 0.15) is 11.9 Å². The van der Waals surface area contributed by atoms with Gasteiger partial charge in [0.2, 0.25) is 0 Å². The molecule has 6 heteroatoms. The maximum absolute atomic E-state index is 6.07. The quantitative estimate of drug-likeness (QED) is 0.803. The fourth-order valence-corrected chi connectivity index (χ4v) is 2.96. The number of pyridine rings is 1. The van der Waals surface area contributed by atoms with E-state index in [2.05, 4.69) is 39.7 Å². The fourth-order valence-electron chi connectivity index (χ4n) is 2.77. The van der Waals surface area contributed by atoms with Crippen molar-refractivity contribution in [2.75, 3.05) is 25.5 Å². The molecule has 1 aromatic carbocycles. The maximum atomic E-state index is 6.07. The van der Waals surface area contributed by atoms with Gasteiger partial charge in [-0.3, -0.25) is 4.98 Å². The van der Waals surface area contributed by atoms with Crippen LogP contribution in [0.4, 0.5) is 5.69 Å². The first-order chi connectivity index (χ1) is 12.2. The van der Waals surface area contributed by atoms with E-state index in [0.29, 0.717) is 17.8 Å². The van der Waals surface area contributed by atoms with E-state index in [1.807, 2.05) is 24.3 Å². The van der Waals surface area contributed by atoms with Crippen molar-refractivity contribution in [3.8, 4) is 5.75 Å². The van der Waals surface area contributed by atoms with Crippen molar-refractivity contribution in [3.63, 3.8) is 0 Å². The molecular weight excluding hydrogens is 332 g/mol. The molecule has 0 atom stereocenters. The maximum Gasteiger partial charge on any atom is 0.171 e. The SMILES string of the molecule is CN1CCC(Oc2ccc(CNC(=S)Nc3ccncc3)cc2)CC1. The normalized spacial score (nSPS) is 15.6. The van der Waals surface area contributed by atoms with Crippen LogP contribution in [0.5, 0.6) is 5.75 Å². The summed E-state index contributed by atoms with van der Waals surface area (Å²) in [6.45, 7) is 2.88. The lowest BCUT2D eigenvalue weighted by molar-refractivity contribution is 0.114. The number of piperidine rings is 1. The Bertz CT molecular complexity index is 670. The Balaban J connectivity index is 1.43. The summed E-state index contributed by atoms with van der Waals surface area (Å²) in [7, 11) is 2.16. The minimum atomic E-state index is 0.331. The van der Waals surface area contributed by atoms with Crippen molar-refractivity contribution in [1.82, 2.24) is 15.2 Å². The van der Waals surface area contributed by atoms with E-state index in [1.54, 1.807) is 12.4 Å². The van der Waals surface area contributed by atoms with Gasteiger partial charge in [-0.2, -0.15) is 0 Å². The number of nitrogens with zero attached hydrogens (tertiary/aromatic N) is 2. The Kier molecular flexibility index (Phi) is 6.19. The summed E-state index contributed by atoms with van der Waals surface area (Å²) < 4.78 is 6.07. The van der Waals surface area contributed by atoms with E-state index in [1.165, 1.54) is 0 Å². The van der Waals surface area contributed by atoms with Gasteiger partial charge in [0, 0.05) is 37.7 Å². The Labute approximate surface area is 154 Å². The molecule has 2 heterocycles. The molecule has 1 saturated heterocycles. The molecule has 2 N–H and O–H groups in total. The van der Waals surface area contributed by atoms with E-state index in [-0.39, 0.29) is 0 Å². The minimum absolute atomic E-state index is 0.331. The zero-order valence-electron chi connectivity index (χ0n) is 14.4. The number of rotatable bonds is 5. The molecule has 3 rings (SSSR count). The number of nitrogens with one attached hydrogen (secondary N) is 2. The van der Waals surface area contributed by atoms with Gasteiger partial charge >= 0.3 is 0 Å². The number of anilines is 1. The number of likely N-dealkylation sites (tertiary alicyclic amines) is 1. The number of aromatic nitrogens is 1. The van der Waals surface area contributed by atoms with E-state index in [4.69, 9.17) is 17.0 Å². The number of ether oxygens (including phenoxy) is 1. The highest BCUT2D eigenvalue weighted by Gasteiger charge is 2.17. The molecule has 2 aromatic rings. The molecule has 1 fully saturated rings. The molecule has 5 nitrogen and oxygen atoms in total. The zero-order chi connectivity index (χ0) is 17.5. The third-order valence-corrected chi connectivity index (χ3v) is 4.53. The summed E-state index contributed by atoms with van der Waals surface area (Å²) >= 11 is 5.31. The van der Waals surface area contributed by atoms with Gasteiger partial charge in [-0.05, 0) is 61.9 Å². The van der Waals surface area contributed by atoms with Gasteiger partial charge in [0.05, 0.1) is 0 Å². The molecule has 1 aromatic heterocycles. The first-order valence-corrected chi connectivity index (χ1v) is 8.99. The molecular formula is C19H24N4OS. The number of thiocarbonyl (C=S) groups is 1. The smallest absolute Gasteiger partial charge is 0.171 e. The third-order valence-electron chi connectivity index (χ3n) is 4.28. The first-order valence-electron chi connectivity index (χ1n) is 8.58. The van der Waals surface area contributed by atoms with Crippen molar-refractivity contribution < 1.29 is 4.74 Å². The molecule has 0 aliphatic carbocycles. The van der Waals surface area contributed by atoms with Gasteiger partial charge in [-0.1, -0.05) is 12.1 Å². The Morgan fingerprint density at radius 3 is 2.52 bits per heavy atom. The van der Waals surface area contributed by atoms with Crippen molar-refractivity contribution in [1.29, 1.82) is 0 Å². The monoisotopic (exact) mass is 356 g/mol. The molecule has 1 aliphatic heterocycles. The second-order valence-corrected chi connectivity index (χ2v) is 6.72. The van der Waals surface area contributed by atoms with Gasteiger partial charge in [0.25, 0.3) is 0 Å². The molecule has 0 radical (unpaired) electrons. The highest BCUT2D eigenvalue weighted by molar-refractivity contribution is 7.80. The van der Waals surface area contributed by atoms with Crippen LogP contribution in [0.2, 0.25) is 0 Å². The Morgan fingerprint density at radius 2 is 1.84 bits per heavy atom. The van der Waals surface area contributed by atoms with E-state index < -0.39 is 0 Å². The van der Waals surface area contributed by atoms with Crippen LogP contribution in [0.25, 0.3) is 0 Å². The first kappa shape index (κ1) is 17.6. The van der Waals surface area contributed by atoms with Crippen LogP contribution in [0.15, 0.2) is 48.8 Å². The van der Waals surface area contributed by atoms with Crippen LogP contribution >= 0.6 is 12.2 Å². The van der Waals surface area contributed by atoms with Crippen molar-refractivity contribution in [2.45, 2.75) is 25.5 Å². The molecule has 1 aliphatic rings. The van der Waals surface area contributed by atoms with E-state index in [0.717, 1.165) is 42.9 Å². The summed E-state index contributed by atoms with van der Waals surface area (Å²) in [5.74, 6) is 0.941. The molecule has 0 unspecified atom stereocenters. The molecule has 132 valence electrons. The second-order valence-electron chi connectivity index (χ2n) is 6.31. The number of benzene rings is 1. The zero-order valence-corrected chi connectivity index (χ0v) is 15.3. The largest absolute Gasteiger partial charge is 0.490 e. The second kappa shape index (κ2) is 8.78. The lowest BCUT2D eigenvalue weighted by Crippen LogP contribution is -2.35. The summed E-state index contributed by atoms with van der Waals surface area (Å²) in [6.07, 6.45) is 5.98. The molecule has 0 saturated carbocycles. The summed E-state index contributed by atoms with van der Waals surface area (Å²) in [4.78, 5) is 6.33. The van der Waals surface area contributed by atoms with Crippen molar-refractivity contribution in [3.05, 3.63) is 54.4 Å². The average molecular weight is 356 g/mol. The van der Waals surface area contributed by atoms with Crippen LogP contribution in [-0.2, 0) is 6.54 Å². The number of hydrogen-bond acceptors (Lipinski definition) is 4. The lowest BCUT2D eigenvalue weighted by atomic mass is 10.1. The van der Waals surface area contributed by atoms with E-state index in [9.17, 15) is 0 Å². The number of hydrogen-bond donors (Lipinski definition) is 2. The van der Waals surface area contributed by atoms with Crippen molar-refractivity contribution in [2.24, 2.45) is 0 Å². The van der Waals surface area contributed by atoms with Crippen LogP contribution < -0.4 is 15.4 Å². The van der Waals surface area contributed by atoms with Crippen LogP contribution in [-0.4, -0.2) is 41.2 Å². The minimum Gasteiger partial charge on any atom is -0.490 e. The highest BCUT2D eigenvalue weighted by atomic mass is 32.1. The van der Waals surface area contributed by atoms with Gasteiger partial charge in [-0.15, -0.1) is 0 Å². The predicted molar refractivity (Wildman–Crippen MR) is 105 cm³/mol. The van der Waals surface area contributed by atoms with Crippen LogP contribution in [0.3, 0.4) is 0 Å². The standard InChI is InChI=1S/C19H24N4OS/c1-23-12-8-18(9-13-23)24-17-4-2-15(3-5-17)14-21-19(25)22-16-6-10-20-11-7-16/h2-7,10-11,18H,8-9,12-14H2,1H3,(H2,20,21,22,25). The van der Waals surface area contributed by atoms with Gasteiger partial charge < -0.3 is 20.3 Å². The summed E-state index contributed by atoms with van der Waals surface area (Å²) in [6, 6.07) is 12.0.